The summed E-state index contributed by atoms with van der Waals surface area (Å²) in [6.45, 7) is 2.42. The third-order valence-corrected chi connectivity index (χ3v) is 6.13. The first kappa shape index (κ1) is 20.7. The number of hydrogen-bond acceptors (Lipinski definition) is 5. The van der Waals surface area contributed by atoms with Gasteiger partial charge in [0.25, 0.3) is 0 Å². The maximum Gasteiger partial charge on any atom is 0.395 e. The fourth-order valence-electron chi connectivity index (χ4n) is 4.52. The van der Waals surface area contributed by atoms with Gasteiger partial charge in [-0.25, -0.2) is 0 Å². The number of ether oxygens (including phenoxy) is 1. The summed E-state index contributed by atoms with van der Waals surface area (Å²) in [5.74, 6) is -1.80. The largest absolute Gasteiger partial charge is 0.469 e. The molecular formula is C20H26F3N3O2. The number of alkyl halides is 3. The van der Waals surface area contributed by atoms with Crippen LogP contribution in [0.25, 0.3) is 0 Å². The van der Waals surface area contributed by atoms with Crippen LogP contribution in [0, 0.1) is 35.0 Å². The minimum atomic E-state index is -4.28. The fourth-order valence-corrected chi connectivity index (χ4v) is 4.52. The molecule has 2 saturated heterocycles. The smallest absolute Gasteiger partial charge is 0.395 e. The molecule has 1 aliphatic carbocycles. The molecule has 8 heteroatoms. The van der Waals surface area contributed by atoms with Crippen LogP contribution in [0.2, 0.25) is 0 Å². The average molecular weight is 397 g/mol. The molecule has 0 aromatic carbocycles. The molecule has 0 radical (unpaired) electrons. The molecule has 0 saturated carbocycles. The second-order valence-electron chi connectivity index (χ2n) is 7.77. The van der Waals surface area contributed by atoms with Gasteiger partial charge in [-0.3, -0.25) is 4.79 Å². The van der Waals surface area contributed by atoms with Crippen molar-refractivity contribution in [3.05, 3.63) is 23.4 Å². The highest BCUT2D eigenvalue weighted by Crippen LogP contribution is 2.42. The van der Waals surface area contributed by atoms with Crippen molar-refractivity contribution in [3.63, 3.8) is 0 Å². The van der Waals surface area contributed by atoms with Crippen LogP contribution in [0.4, 0.5) is 13.2 Å². The molecule has 2 fully saturated rings. The standard InChI is InChI=1S/C20H26F3N3O2/c1-28-19(27)13-5-8-26(9-6-13)18-10-15(20(21,22)23)2-3-16(18)17-12-25-11-14(17)4-7-24/h3,10,13-15,17,25H,2,4-6,8-9,11-12H2,1H3/t14-,15?,17?/m0/s1. The van der Waals surface area contributed by atoms with Gasteiger partial charge in [0.05, 0.1) is 25.0 Å². The second kappa shape index (κ2) is 8.56. The van der Waals surface area contributed by atoms with Crippen molar-refractivity contribution < 1.29 is 22.7 Å². The van der Waals surface area contributed by atoms with E-state index in [-0.39, 0.29) is 30.1 Å². The molecule has 0 amide bonds. The summed E-state index contributed by atoms with van der Waals surface area (Å²) in [5, 5.41) is 12.4. The van der Waals surface area contributed by atoms with E-state index in [0.717, 1.165) is 5.57 Å². The summed E-state index contributed by atoms with van der Waals surface area (Å²) < 4.78 is 45.0. The summed E-state index contributed by atoms with van der Waals surface area (Å²) >= 11 is 0. The first-order valence-corrected chi connectivity index (χ1v) is 9.74. The minimum Gasteiger partial charge on any atom is -0.469 e. The van der Waals surface area contributed by atoms with E-state index in [9.17, 15) is 18.0 Å². The molecule has 3 atom stereocenters. The molecule has 28 heavy (non-hydrogen) atoms. The molecule has 0 aromatic rings. The Morgan fingerprint density at radius 1 is 1.36 bits per heavy atom. The lowest BCUT2D eigenvalue weighted by Crippen LogP contribution is -2.39. The second-order valence-corrected chi connectivity index (χ2v) is 7.77. The Hall–Kier alpha value is -2.01. The van der Waals surface area contributed by atoms with Crippen molar-refractivity contribution in [2.24, 2.45) is 23.7 Å². The average Bonchev–Trinajstić information content (AvgIpc) is 3.14. The van der Waals surface area contributed by atoms with E-state index in [1.807, 2.05) is 4.90 Å². The van der Waals surface area contributed by atoms with Crippen LogP contribution >= 0.6 is 0 Å². The lowest BCUT2D eigenvalue weighted by molar-refractivity contribution is -0.160. The predicted octanol–water partition coefficient (Wildman–Crippen LogP) is 3.01. The van der Waals surface area contributed by atoms with Gasteiger partial charge < -0.3 is 15.0 Å². The van der Waals surface area contributed by atoms with Crippen LogP contribution in [0.3, 0.4) is 0 Å². The van der Waals surface area contributed by atoms with Gasteiger partial charge in [0.1, 0.15) is 0 Å². The van der Waals surface area contributed by atoms with E-state index in [0.29, 0.717) is 51.1 Å². The Bertz CT molecular complexity index is 688. The van der Waals surface area contributed by atoms with Gasteiger partial charge in [-0.05, 0) is 43.4 Å². The van der Waals surface area contributed by atoms with Crippen molar-refractivity contribution in [2.75, 3.05) is 33.3 Å². The summed E-state index contributed by atoms with van der Waals surface area (Å²) in [4.78, 5) is 13.7. The summed E-state index contributed by atoms with van der Waals surface area (Å²) in [7, 11) is 1.36. The molecule has 2 heterocycles. The lowest BCUT2D eigenvalue weighted by atomic mass is 9.80. The Morgan fingerprint density at radius 2 is 2.07 bits per heavy atom. The highest BCUT2D eigenvalue weighted by atomic mass is 19.4. The molecule has 1 N–H and O–H groups in total. The SMILES string of the molecule is COC(=O)C1CCN(C2=CC(C(F)(F)F)CC=C2C2CNC[C@@H]2CC#N)CC1. The summed E-state index contributed by atoms with van der Waals surface area (Å²) in [6, 6.07) is 2.20. The number of carbonyl (C=O) groups is 1. The number of rotatable bonds is 4. The molecular weight excluding hydrogens is 371 g/mol. The maximum absolute atomic E-state index is 13.4. The van der Waals surface area contributed by atoms with Crippen LogP contribution in [0.15, 0.2) is 23.4 Å². The molecule has 2 aliphatic heterocycles. The van der Waals surface area contributed by atoms with Crippen LogP contribution in [0.1, 0.15) is 25.7 Å². The topological polar surface area (TPSA) is 65.4 Å². The molecule has 3 aliphatic rings. The van der Waals surface area contributed by atoms with Crippen molar-refractivity contribution in [1.82, 2.24) is 10.2 Å². The first-order chi connectivity index (χ1) is 13.3. The molecule has 0 bridgehead atoms. The molecule has 5 nitrogen and oxygen atoms in total. The van der Waals surface area contributed by atoms with E-state index < -0.39 is 12.1 Å². The van der Waals surface area contributed by atoms with Crippen molar-refractivity contribution in [3.8, 4) is 6.07 Å². The van der Waals surface area contributed by atoms with Gasteiger partial charge in [0.15, 0.2) is 0 Å². The van der Waals surface area contributed by atoms with Crippen LogP contribution < -0.4 is 5.32 Å². The van der Waals surface area contributed by atoms with Gasteiger partial charge >= 0.3 is 12.1 Å². The Kier molecular flexibility index (Phi) is 6.33. The van der Waals surface area contributed by atoms with Crippen LogP contribution in [-0.4, -0.2) is 50.3 Å². The normalized spacial score (nSPS) is 29.1. The number of hydrogen-bond donors (Lipinski definition) is 1. The highest BCUT2D eigenvalue weighted by molar-refractivity contribution is 5.72. The number of halogens is 3. The Labute approximate surface area is 163 Å². The zero-order valence-electron chi connectivity index (χ0n) is 16.0. The summed E-state index contributed by atoms with van der Waals surface area (Å²) in [5.41, 5.74) is 1.55. The summed E-state index contributed by atoms with van der Waals surface area (Å²) in [6.07, 6.45) is 0.262. The predicted molar refractivity (Wildman–Crippen MR) is 96.7 cm³/mol. The number of piperidine rings is 1. The minimum absolute atomic E-state index is 0.0402. The quantitative estimate of drug-likeness (QED) is 0.739. The van der Waals surface area contributed by atoms with Gasteiger partial charge in [0.2, 0.25) is 0 Å². The molecule has 3 rings (SSSR count). The van der Waals surface area contributed by atoms with Crippen LogP contribution in [-0.2, 0) is 9.53 Å². The number of esters is 1. The van der Waals surface area contributed by atoms with Crippen LogP contribution in [0.5, 0.6) is 0 Å². The molecule has 2 unspecified atom stereocenters. The van der Waals surface area contributed by atoms with E-state index in [1.165, 1.54) is 13.2 Å². The zero-order valence-corrected chi connectivity index (χ0v) is 16.0. The van der Waals surface area contributed by atoms with E-state index >= 15 is 0 Å². The Morgan fingerprint density at radius 3 is 2.68 bits per heavy atom. The Balaban J connectivity index is 1.82. The van der Waals surface area contributed by atoms with Crippen molar-refractivity contribution in [1.29, 1.82) is 5.26 Å². The molecule has 0 aromatic heterocycles. The number of nitrogens with one attached hydrogen (secondary N) is 1. The highest BCUT2D eigenvalue weighted by Gasteiger charge is 2.42. The van der Waals surface area contributed by atoms with Gasteiger partial charge in [0, 0.05) is 37.7 Å². The number of methoxy groups -OCH3 is 1. The third-order valence-electron chi connectivity index (χ3n) is 6.13. The molecule has 0 spiro atoms. The number of carbonyl (C=O) groups excluding carboxylic acids is 1. The zero-order chi connectivity index (χ0) is 20.3. The van der Waals surface area contributed by atoms with E-state index in [1.54, 1.807) is 6.08 Å². The maximum atomic E-state index is 13.4. The van der Waals surface area contributed by atoms with Crippen molar-refractivity contribution in [2.45, 2.75) is 31.9 Å². The van der Waals surface area contributed by atoms with Gasteiger partial charge in [-0.2, -0.15) is 18.4 Å². The van der Waals surface area contributed by atoms with Crippen molar-refractivity contribution >= 4 is 5.97 Å². The third kappa shape index (κ3) is 4.35. The van der Waals surface area contributed by atoms with E-state index in [2.05, 4.69) is 11.4 Å². The van der Waals surface area contributed by atoms with Gasteiger partial charge in [-0.15, -0.1) is 0 Å². The monoisotopic (exact) mass is 397 g/mol. The number of allylic oxidation sites excluding steroid dienone is 3. The molecule has 154 valence electrons. The fraction of sp³-hybridized carbons (Fsp3) is 0.700. The number of likely N-dealkylation sites (tertiary alicyclic amines) is 1. The number of nitrogens with zero attached hydrogens (tertiary/aromatic N) is 2. The lowest BCUT2D eigenvalue weighted by Gasteiger charge is -2.39. The number of nitriles is 1. The van der Waals surface area contributed by atoms with E-state index in [4.69, 9.17) is 10.00 Å². The first-order valence-electron chi connectivity index (χ1n) is 9.74. The van der Waals surface area contributed by atoms with Gasteiger partial charge in [-0.1, -0.05) is 6.08 Å².